The Balaban J connectivity index is 1.73. The zero-order valence-corrected chi connectivity index (χ0v) is 15.8. The smallest absolute Gasteiger partial charge is 0.0411 e. The number of rotatable bonds is 4. The first-order chi connectivity index (χ1) is 12.8. The second kappa shape index (κ2) is 7.19. The van der Waals surface area contributed by atoms with E-state index >= 15 is 0 Å². The second-order valence-corrected chi connectivity index (χ2v) is 7.42. The number of hydrogen-bond donors (Lipinski definition) is 1. The molecule has 1 aromatic heterocycles. The fourth-order valence-electron chi connectivity index (χ4n) is 3.24. The number of hydrogen-bond acceptors (Lipinski definition) is 2. The van der Waals surface area contributed by atoms with Crippen molar-refractivity contribution in [3.8, 4) is 11.1 Å². The van der Waals surface area contributed by atoms with Crippen LogP contribution in [0.4, 0.5) is 5.69 Å². The van der Waals surface area contributed by atoms with Crippen LogP contribution in [-0.2, 0) is 0 Å². The molecule has 0 amide bonds. The summed E-state index contributed by atoms with van der Waals surface area (Å²) in [6.45, 7) is 2.22. The van der Waals surface area contributed by atoms with E-state index in [1.165, 1.54) is 37.2 Å². The minimum atomic E-state index is 1.15. The van der Waals surface area contributed by atoms with Gasteiger partial charge in [-0.25, -0.2) is 0 Å². The lowest BCUT2D eigenvalue weighted by atomic mass is 10.0. The van der Waals surface area contributed by atoms with Crippen molar-refractivity contribution in [3.63, 3.8) is 0 Å². The summed E-state index contributed by atoms with van der Waals surface area (Å²) in [6.07, 6.45) is 4.43. The maximum atomic E-state index is 3.25. The lowest BCUT2D eigenvalue weighted by molar-refractivity contribution is 1.49. The van der Waals surface area contributed by atoms with Gasteiger partial charge in [0.1, 0.15) is 0 Å². The van der Waals surface area contributed by atoms with E-state index in [9.17, 15) is 0 Å². The summed E-state index contributed by atoms with van der Waals surface area (Å²) in [5.41, 5.74) is 6.24. The van der Waals surface area contributed by atoms with Crippen LogP contribution >= 0.6 is 11.3 Å². The third-order valence-corrected chi connectivity index (χ3v) is 5.96. The van der Waals surface area contributed by atoms with Crippen LogP contribution in [0.5, 0.6) is 0 Å². The van der Waals surface area contributed by atoms with E-state index in [0.717, 1.165) is 5.69 Å². The van der Waals surface area contributed by atoms with Gasteiger partial charge < -0.3 is 5.32 Å². The quantitative estimate of drug-likeness (QED) is 0.412. The average molecular weight is 356 g/mol. The summed E-state index contributed by atoms with van der Waals surface area (Å²) >= 11 is 1.85. The van der Waals surface area contributed by atoms with Crippen molar-refractivity contribution in [2.24, 2.45) is 0 Å². The van der Waals surface area contributed by atoms with Crippen molar-refractivity contribution < 1.29 is 0 Å². The van der Waals surface area contributed by atoms with Gasteiger partial charge in [-0.05, 0) is 58.8 Å². The van der Waals surface area contributed by atoms with E-state index in [4.69, 9.17) is 0 Å². The van der Waals surface area contributed by atoms with Crippen LogP contribution in [0.2, 0.25) is 0 Å². The Bertz CT molecular complexity index is 1070. The van der Waals surface area contributed by atoms with Crippen molar-refractivity contribution in [2.75, 3.05) is 12.4 Å². The van der Waals surface area contributed by atoms with Gasteiger partial charge in [0.15, 0.2) is 0 Å². The molecule has 4 aromatic rings. The summed E-state index contributed by atoms with van der Waals surface area (Å²) in [5.74, 6) is 0. The average Bonchev–Trinajstić information content (AvgIpc) is 3.02. The first-order valence-corrected chi connectivity index (χ1v) is 9.61. The van der Waals surface area contributed by atoms with Crippen LogP contribution in [0.15, 0.2) is 72.8 Å². The van der Waals surface area contributed by atoms with E-state index in [1.54, 1.807) is 0 Å². The first kappa shape index (κ1) is 16.6. The Labute approximate surface area is 158 Å². The van der Waals surface area contributed by atoms with Gasteiger partial charge in [-0.2, -0.15) is 0 Å². The number of para-hydroxylation sites is 1. The number of nitrogens with one attached hydrogen (secondary N) is 1. The molecule has 26 heavy (non-hydrogen) atoms. The fraction of sp³-hybridized carbons (Fsp3) is 0.0833. The molecular formula is C24H21NS. The molecule has 0 aliphatic rings. The molecule has 4 rings (SSSR count). The predicted octanol–water partition coefficient (Wildman–Crippen LogP) is 7.09. The van der Waals surface area contributed by atoms with E-state index < -0.39 is 0 Å². The molecule has 1 nitrogen and oxygen atoms in total. The van der Waals surface area contributed by atoms with Gasteiger partial charge in [0.25, 0.3) is 0 Å². The van der Waals surface area contributed by atoms with Crippen molar-refractivity contribution in [3.05, 3.63) is 88.8 Å². The van der Waals surface area contributed by atoms with Gasteiger partial charge in [0, 0.05) is 22.3 Å². The minimum absolute atomic E-state index is 1.15. The van der Waals surface area contributed by atoms with Gasteiger partial charge in [-0.1, -0.05) is 60.7 Å². The predicted molar refractivity (Wildman–Crippen MR) is 117 cm³/mol. The van der Waals surface area contributed by atoms with Crippen molar-refractivity contribution in [2.45, 2.75) is 6.92 Å². The number of aryl methyl sites for hydroxylation is 1. The van der Waals surface area contributed by atoms with Crippen molar-refractivity contribution in [1.82, 2.24) is 0 Å². The topological polar surface area (TPSA) is 12.0 Å². The molecule has 0 aliphatic heterocycles. The number of thiophene rings is 1. The molecule has 0 atom stereocenters. The van der Waals surface area contributed by atoms with E-state index in [1.807, 2.05) is 18.4 Å². The highest BCUT2D eigenvalue weighted by molar-refractivity contribution is 7.20. The third kappa shape index (κ3) is 3.16. The normalized spacial score (nSPS) is 11.3. The molecule has 0 fully saturated rings. The Morgan fingerprint density at radius 3 is 2.38 bits per heavy atom. The zero-order chi connectivity index (χ0) is 17.9. The van der Waals surface area contributed by atoms with E-state index in [0.29, 0.717) is 0 Å². The summed E-state index contributed by atoms with van der Waals surface area (Å²) in [7, 11) is 1.96. The Hall–Kier alpha value is -2.84. The monoisotopic (exact) mass is 355 g/mol. The highest BCUT2D eigenvalue weighted by atomic mass is 32.1. The molecule has 2 heteroatoms. The van der Waals surface area contributed by atoms with Crippen LogP contribution in [0, 0.1) is 6.92 Å². The molecule has 128 valence electrons. The summed E-state index contributed by atoms with van der Waals surface area (Å²) in [4.78, 5) is 1.32. The maximum Gasteiger partial charge on any atom is 0.0411 e. The largest absolute Gasteiger partial charge is 0.388 e. The third-order valence-electron chi connectivity index (χ3n) is 4.72. The molecule has 3 aromatic carbocycles. The first-order valence-electron chi connectivity index (χ1n) is 8.79. The highest BCUT2D eigenvalue weighted by Crippen LogP contribution is 2.35. The van der Waals surface area contributed by atoms with Gasteiger partial charge in [0.05, 0.1) is 0 Å². The number of fused-ring (bicyclic) bond motifs is 1. The molecule has 0 radical (unpaired) electrons. The van der Waals surface area contributed by atoms with Gasteiger partial charge in [-0.3, -0.25) is 0 Å². The SMILES string of the molecule is CNc1ccccc1/C=C/c1sc2ccc(-c3ccccc3)cc2c1C. The zero-order valence-electron chi connectivity index (χ0n) is 15.0. The van der Waals surface area contributed by atoms with Crippen LogP contribution in [-0.4, -0.2) is 7.05 Å². The lowest BCUT2D eigenvalue weighted by Crippen LogP contribution is -1.89. The molecule has 0 bridgehead atoms. The lowest BCUT2D eigenvalue weighted by Gasteiger charge is -2.04. The standard InChI is InChI=1S/C24H21NS/c1-17-21-16-20(18-8-4-3-5-9-18)13-15-24(21)26-23(17)14-12-19-10-6-7-11-22(19)25-2/h3-16,25H,1-2H3/b14-12+. The molecule has 0 saturated carbocycles. The van der Waals surface area contributed by atoms with Gasteiger partial charge in [-0.15, -0.1) is 11.3 Å². The van der Waals surface area contributed by atoms with E-state index in [2.05, 4.69) is 97.2 Å². The van der Waals surface area contributed by atoms with Crippen molar-refractivity contribution >= 4 is 39.3 Å². The molecule has 1 heterocycles. The van der Waals surface area contributed by atoms with Crippen LogP contribution in [0.1, 0.15) is 16.0 Å². The number of benzene rings is 3. The Kier molecular flexibility index (Phi) is 4.59. The molecular weight excluding hydrogens is 334 g/mol. The van der Waals surface area contributed by atoms with Crippen LogP contribution in [0.3, 0.4) is 0 Å². The fourth-order valence-corrected chi connectivity index (χ4v) is 4.34. The summed E-state index contributed by atoms with van der Waals surface area (Å²) in [5, 5.41) is 4.60. The molecule has 0 aliphatic carbocycles. The Morgan fingerprint density at radius 2 is 1.58 bits per heavy atom. The highest BCUT2D eigenvalue weighted by Gasteiger charge is 2.08. The maximum absolute atomic E-state index is 3.25. The molecule has 0 spiro atoms. The molecule has 0 unspecified atom stereocenters. The van der Waals surface area contributed by atoms with Crippen molar-refractivity contribution in [1.29, 1.82) is 0 Å². The second-order valence-electron chi connectivity index (χ2n) is 6.34. The summed E-state index contributed by atoms with van der Waals surface area (Å²) < 4.78 is 1.34. The summed E-state index contributed by atoms with van der Waals surface area (Å²) in [6, 6.07) is 25.7. The van der Waals surface area contributed by atoms with Crippen LogP contribution < -0.4 is 5.32 Å². The van der Waals surface area contributed by atoms with Gasteiger partial charge in [0.2, 0.25) is 0 Å². The number of anilines is 1. The Morgan fingerprint density at radius 1 is 0.808 bits per heavy atom. The van der Waals surface area contributed by atoms with Crippen LogP contribution in [0.25, 0.3) is 33.4 Å². The minimum Gasteiger partial charge on any atom is -0.388 e. The van der Waals surface area contributed by atoms with Gasteiger partial charge >= 0.3 is 0 Å². The molecule has 1 N–H and O–H groups in total. The van der Waals surface area contributed by atoms with E-state index in [-0.39, 0.29) is 0 Å². The molecule has 0 saturated heterocycles.